The first-order valence-electron chi connectivity index (χ1n) is 8.02. The van der Waals surface area contributed by atoms with Crippen molar-refractivity contribution in [2.45, 2.75) is 6.92 Å². The topological polar surface area (TPSA) is 83.7 Å². The normalized spacial score (nSPS) is 10.5. The summed E-state index contributed by atoms with van der Waals surface area (Å²) in [6, 6.07) is 14.5. The van der Waals surface area contributed by atoms with Gasteiger partial charge in [-0.1, -0.05) is 24.4 Å². The van der Waals surface area contributed by atoms with Crippen LogP contribution in [0.25, 0.3) is 11.0 Å². The van der Waals surface area contributed by atoms with Crippen molar-refractivity contribution in [3.05, 3.63) is 65.4 Å². The number of rotatable bonds is 6. The standard InChI is InChI=1S/C19H18N2O4S/c1-12-2-3-14-11-17(25-16(14)10-12)18(22)20-8-9-24-15-6-4-13(5-7-15)19(26)21-23/h2-7,10-11,23H,8-9H2,1H3,(H,20,22)(H,21,26). The lowest BCUT2D eigenvalue weighted by Crippen LogP contribution is -2.27. The van der Waals surface area contributed by atoms with E-state index in [1.165, 1.54) is 0 Å². The number of carbonyl (C=O) groups excluding carboxylic acids is 1. The zero-order valence-corrected chi connectivity index (χ0v) is 14.9. The molecule has 0 aliphatic heterocycles. The lowest BCUT2D eigenvalue weighted by Gasteiger charge is -2.08. The number of furan rings is 1. The number of hydroxylamine groups is 1. The van der Waals surface area contributed by atoms with Crippen molar-refractivity contribution in [3.8, 4) is 5.75 Å². The number of ether oxygens (including phenoxy) is 1. The maximum absolute atomic E-state index is 12.2. The van der Waals surface area contributed by atoms with E-state index in [4.69, 9.17) is 26.6 Å². The molecule has 0 aliphatic rings. The third-order valence-corrected chi connectivity index (χ3v) is 4.10. The molecule has 0 spiro atoms. The molecule has 0 saturated heterocycles. The Hall–Kier alpha value is -2.90. The van der Waals surface area contributed by atoms with Crippen molar-refractivity contribution in [3.63, 3.8) is 0 Å². The van der Waals surface area contributed by atoms with Crippen LogP contribution in [0.2, 0.25) is 0 Å². The zero-order chi connectivity index (χ0) is 18.5. The molecule has 26 heavy (non-hydrogen) atoms. The van der Waals surface area contributed by atoms with E-state index in [1.54, 1.807) is 30.3 Å². The lowest BCUT2D eigenvalue weighted by molar-refractivity contribution is 0.0921. The second-order valence-corrected chi connectivity index (χ2v) is 6.13. The first-order valence-corrected chi connectivity index (χ1v) is 8.43. The first-order chi connectivity index (χ1) is 12.6. The van der Waals surface area contributed by atoms with E-state index in [2.05, 4.69) is 5.32 Å². The maximum Gasteiger partial charge on any atom is 0.287 e. The Bertz CT molecular complexity index is 934. The number of thiocarbonyl (C=S) groups is 1. The van der Waals surface area contributed by atoms with Crippen LogP contribution in [0.4, 0.5) is 0 Å². The van der Waals surface area contributed by atoms with Crippen molar-refractivity contribution in [2.24, 2.45) is 0 Å². The minimum atomic E-state index is -0.280. The molecule has 6 nitrogen and oxygen atoms in total. The molecule has 0 atom stereocenters. The van der Waals surface area contributed by atoms with Gasteiger partial charge in [0, 0.05) is 10.9 Å². The van der Waals surface area contributed by atoms with Gasteiger partial charge in [-0.15, -0.1) is 0 Å². The molecule has 3 aromatic rings. The Morgan fingerprint density at radius 1 is 1.19 bits per heavy atom. The highest BCUT2D eigenvalue weighted by Crippen LogP contribution is 2.20. The third kappa shape index (κ3) is 4.19. The number of hydrogen-bond acceptors (Lipinski definition) is 5. The number of benzene rings is 2. The summed E-state index contributed by atoms with van der Waals surface area (Å²) in [5, 5.41) is 12.4. The lowest BCUT2D eigenvalue weighted by atomic mass is 10.2. The Balaban J connectivity index is 1.49. The molecular weight excluding hydrogens is 352 g/mol. The molecule has 1 heterocycles. The number of fused-ring (bicyclic) bond motifs is 1. The average molecular weight is 370 g/mol. The molecule has 0 unspecified atom stereocenters. The van der Waals surface area contributed by atoms with Gasteiger partial charge in [-0.3, -0.25) is 15.5 Å². The van der Waals surface area contributed by atoms with E-state index in [-0.39, 0.29) is 16.7 Å². The molecule has 0 bridgehead atoms. The van der Waals surface area contributed by atoms with Gasteiger partial charge in [0.1, 0.15) is 22.9 Å². The minimum absolute atomic E-state index is 0.241. The first kappa shape index (κ1) is 17.9. The predicted molar refractivity (Wildman–Crippen MR) is 102 cm³/mol. The maximum atomic E-state index is 12.2. The number of carbonyl (C=O) groups is 1. The quantitative estimate of drug-likeness (QED) is 0.351. The molecule has 2 aromatic carbocycles. The van der Waals surface area contributed by atoms with Gasteiger partial charge in [0.15, 0.2) is 5.76 Å². The van der Waals surface area contributed by atoms with Crippen LogP contribution in [-0.2, 0) is 0 Å². The summed E-state index contributed by atoms with van der Waals surface area (Å²) in [5.74, 6) is 0.639. The summed E-state index contributed by atoms with van der Waals surface area (Å²) in [5.41, 5.74) is 4.39. The van der Waals surface area contributed by atoms with Gasteiger partial charge in [0.25, 0.3) is 5.91 Å². The molecular formula is C19H18N2O4S. The summed E-state index contributed by atoms with van der Waals surface area (Å²) >= 11 is 4.92. The molecule has 7 heteroatoms. The van der Waals surface area contributed by atoms with Crippen LogP contribution < -0.4 is 15.5 Å². The number of aryl methyl sites for hydroxylation is 1. The average Bonchev–Trinajstić information content (AvgIpc) is 3.08. The summed E-state index contributed by atoms with van der Waals surface area (Å²) in [6.07, 6.45) is 0. The highest BCUT2D eigenvalue weighted by Gasteiger charge is 2.11. The van der Waals surface area contributed by atoms with Crippen LogP contribution in [0.1, 0.15) is 21.7 Å². The van der Waals surface area contributed by atoms with Crippen molar-refractivity contribution >= 4 is 34.1 Å². The van der Waals surface area contributed by atoms with Gasteiger partial charge in [0.2, 0.25) is 0 Å². The van der Waals surface area contributed by atoms with Crippen LogP contribution >= 0.6 is 12.2 Å². The second-order valence-electron chi connectivity index (χ2n) is 5.72. The monoisotopic (exact) mass is 370 g/mol. The Morgan fingerprint density at radius 2 is 1.96 bits per heavy atom. The molecule has 0 saturated carbocycles. The molecule has 3 rings (SSSR count). The largest absolute Gasteiger partial charge is 0.492 e. The summed E-state index contributed by atoms with van der Waals surface area (Å²) < 4.78 is 11.1. The summed E-state index contributed by atoms with van der Waals surface area (Å²) in [6.45, 7) is 2.62. The van der Waals surface area contributed by atoms with E-state index in [0.29, 0.717) is 30.0 Å². The van der Waals surface area contributed by atoms with Crippen molar-refractivity contribution in [1.29, 1.82) is 0 Å². The summed E-state index contributed by atoms with van der Waals surface area (Å²) in [7, 11) is 0. The molecule has 3 N–H and O–H groups in total. The number of amides is 1. The van der Waals surface area contributed by atoms with Gasteiger partial charge in [-0.2, -0.15) is 0 Å². The van der Waals surface area contributed by atoms with Crippen LogP contribution in [-0.4, -0.2) is 29.3 Å². The molecule has 1 amide bonds. The van der Waals surface area contributed by atoms with Crippen LogP contribution in [0.3, 0.4) is 0 Å². The Kier molecular flexibility index (Phi) is 5.50. The van der Waals surface area contributed by atoms with Crippen LogP contribution in [0.5, 0.6) is 5.75 Å². The molecule has 1 aromatic heterocycles. The van der Waals surface area contributed by atoms with Gasteiger partial charge >= 0.3 is 0 Å². The smallest absolute Gasteiger partial charge is 0.287 e. The fourth-order valence-corrected chi connectivity index (χ4v) is 2.57. The van der Waals surface area contributed by atoms with E-state index >= 15 is 0 Å². The van der Waals surface area contributed by atoms with Crippen molar-refractivity contribution in [2.75, 3.05) is 13.2 Å². The van der Waals surface area contributed by atoms with Gasteiger partial charge < -0.3 is 14.5 Å². The van der Waals surface area contributed by atoms with Crippen LogP contribution in [0, 0.1) is 6.92 Å². The highest BCUT2D eigenvalue weighted by atomic mass is 32.1. The number of nitrogens with one attached hydrogen (secondary N) is 2. The molecule has 0 radical (unpaired) electrons. The van der Waals surface area contributed by atoms with Gasteiger partial charge in [-0.25, -0.2) is 0 Å². The third-order valence-electron chi connectivity index (χ3n) is 3.77. The SMILES string of the molecule is Cc1ccc2cc(C(=O)NCCOc3ccc(C(=S)NO)cc3)oc2c1. The van der Waals surface area contributed by atoms with Crippen molar-refractivity contribution < 1.29 is 19.2 Å². The summed E-state index contributed by atoms with van der Waals surface area (Å²) in [4.78, 5) is 12.4. The van der Waals surface area contributed by atoms with Gasteiger partial charge in [0.05, 0.1) is 6.54 Å². The second kappa shape index (κ2) is 7.99. The molecule has 134 valence electrons. The van der Waals surface area contributed by atoms with E-state index in [1.807, 2.05) is 30.6 Å². The highest BCUT2D eigenvalue weighted by molar-refractivity contribution is 7.80. The van der Waals surface area contributed by atoms with Gasteiger partial charge in [-0.05, 0) is 48.9 Å². The van der Waals surface area contributed by atoms with Crippen molar-refractivity contribution in [1.82, 2.24) is 10.8 Å². The van der Waals surface area contributed by atoms with E-state index < -0.39 is 0 Å². The predicted octanol–water partition coefficient (Wildman–Crippen LogP) is 3.20. The number of hydrogen-bond donors (Lipinski definition) is 3. The Labute approximate surface area is 155 Å². The minimum Gasteiger partial charge on any atom is -0.492 e. The Morgan fingerprint density at radius 3 is 2.69 bits per heavy atom. The molecule has 0 aliphatic carbocycles. The molecule has 0 fully saturated rings. The van der Waals surface area contributed by atoms with E-state index in [9.17, 15) is 4.79 Å². The van der Waals surface area contributed by atoms with Crippen LogP contribution in [0.15, 0.2) is 52.9 Å². The fourth-order valence-electron chi connectivity index (χ4n) is 2.44. The zero-order valence-electron chi connectivity index (χ0n) is 14.1. The fraction of sp³-hybridized carbons (Fsp3) is 0.158. The van der Waals surface area contributed by atoms with E-state index in [0.717, 1.165) is 10.9 Å².